The van der Waals surface area contributed by atoms with E-state index < -0.39 is 22.2 Å². The number of ether oxygens (including phenoxy) is 1. The Morgan fingerprint density at radius 3 is 2.71 bits per heavy atom. The van der Waals surface area contributed by atoms with Crippen LogP contribution in [0.5, 0.6) is 0 Å². The van der Waals surface area contributed by atoms with Crippen LogP contribution in [0, 0.1) is 46.9 Å². The summed E-state index contributed by atoms with van der Waals surface area (Å²) in [5, 5.41) is 21.8. The van der Waals surface area contributed by atoms with Crippen molar-refractivity contribution in [2.24, 2.45) is 23.2 Å². The maximum absolute atomic E-state index is 12.5. The first-order chi connectivity index (χ1) is 20.1. The van der Waals surface area contributed by atoms with Gasteiger partial charge in [0.15, 0.2) is 0 Å². The molecule has 6 atom stereocenters. The Kier molecular flexibility index (Phi) is 12.9. The molecule has 2 aliphatic carbocycles. The zero-order valence-corrected chi connectivity index (χ0v) is 25.8. The van der Waals surface area contributed by atoms with Gasteiger partial charge >= 0.3 is 5.97 Å². The third kappa shape index (κ3) is 9.31. The van der Waals surface area contributed by atoms with Gasteiger partial charge in [-0.2, -0.15) is 0 Å². The largest absolute Gasteiger partial charge is 0.469 e. The van der Waals surface area contributed by atoms with Crippen LogP contribution in [-0.2, 0) is 19.6 Å². The summed E-state index contributed by atoms with van der Waals surface area (Å²) in [5.41, 5.74) is 0.906. The third-order valence-electron chi connectivity index (χ3n) is 8.34. The molecule has 8 heteroatoms. The molecule has 2 aliphatic rings. The highest BCUT2D eigenvalue weighted by Gasteiger charge is 2.55. The minimum absolute atomic E-state index is 0.00930. The van der Waals surface area contributed by atoms with Crippen molar-refractivity contribution in [1.82, 2.24) is 4.72 Å². The molecule has 7 nitrogen and oxygen atoms in total. The average Bonchev–Trinajstić information content (AvgIpc) is 3.45. The summed E-state index contributed by atoms with van der Waals surface area (Å²) in [6, 6.07) is 8.30. The summed E-state index contributed by atoms with van der Waals surface area (Å²) in [6.45, 7) is 4.04. The topological polar surface area (TPSA) is 113 Å². The predicted molar refractivity (Wildman–Crippen MR) is 164 cm³/mol. The van der Waals surface area contributed by atoms with Gasteiger partial charge in [-0.05, 0) is 69.4 Å². The molecule has 0 aliphatic heterocycles. The van der Waals surface area contributed by atoms with E-state index in [1.165, 1.54) is 12.7 Å². The van der Waals surface area contributed by atoms with Gasteiger partial charge < -0.3 is 14.9 Å². The summed E-state index contributed by atoms with van der Waals surface area (Å²) < 4.78 is 32.3. The van der Waals surface area contributed by atoms with Crippen molar-refractivity contribution in [2.75, 3.05) is 13.7 Å². The number of nitrogens with one attached hydrogen (secondary N) is 1. The van der Waals surface area contributed by atoms with Crippen LogP contribution >= 0.6 is 0 Å². The Hall–Kier alpha value is -2.88. The highest BCUT2D eigenvalue weighted by Crippen LogP contribution is 2.59. The second-order valence-electron chi connectivity index (χ2n) is 11.4. The Labute approximate surface area is 251 Å². The normalized spacial score (nSPS) is 25.7. The van der Waals surface area contributed by atoms with Crippen LogP contribution in [0.1, 0.15) is 71.6 Å². The van der Waals surface area contributed by atoms with Gasteiger partial charge in [0.25, 0.3) is 0 Å². The first-order valence-corrected chi connectivity index (χ1v) is 16.3. The lowest BCUT2D eigenvalue weighted by Crippen LogP contribution is -2.24. The molecule has 0 spiro atoms. The van der Waals surface area contributed by atoms with E-state index in [4.69, 9.17) is 4.74 Å². The number of rotatable bonds is 13. The molecule has 1 aromatic carbocycles. The number of aliphatic hydroxyl groups is 2. The van der Waals surface area contributed by atoms with Crippen molar-refractivity contribution in [3.63, 3.8) is 0 Å². The fourth-order valence-corrected chi connectivity index (χ4v) is 7.07. The lowest BCUT2D eigenvalue weighted by Gasteiger charge is -2.24. The monoisotopic (exact) mass is 595 g/mol. The lowest BCUT2D eigenvalue weighted by atomic mass is 9.78. The van der Waals surface area contributed by atoms with Gasteiger partial charge in [0.05, 0.1) is 24.2 Å². The van der Waals surface area contributed by atoms with Crippen molar-refractivity contribution >= 4 is 16.0 Å². The maximum atomic E-state index is 12.5. The third-order valence-corrected chi connectivity index (χ3v) is 9.82. The molecule has 0 amide bonds. The Bertz CT molecular complexity index is 1330. The lowest BCUT2D eigenvalue weighted by molar-refractivity contribution is -0.140. The van der Waals surface area contributed by atoms with E-state index in [9.17, 15) is 23.4 Å². The van der Waals surface area contributed by atoms with E-state index in [-0.39, 0.29) is 34.0 Å². The number of carbonyl (C=O) groups is 1. The molecule has 3 N–H and O–H groups in total. The van der Waals surface area contributed by atoms with Crippen molar-refractivity contribution in [3.8, 4) is 23.7 Å². The van der Waals surface area contributed by atoms with E-state index in [1.807, 2.05) is 13.0 Å². The molecular weight excluding hydrogens is 550 g/mol. The minimum Gasteiger partial charge on any atom is -0.469 e. The number of allylic oxidation sites excluding steroid dienone is 2. The summed E-state index contributed by atoms with van der Waals surface area (Å²) in [4.78, 5) is 11.7. The number of esters is 1. The predicted octanol–water partition coefficient (Wildman–Crippen LogP) is 4.76. The number of hydrogen-bond acceptors (Lipinski definition) is 6. The van der Waals surface area contributed by atoms with Gasteiger partial charge in [0.1, 0.15) is 0 Å². The van der Waals surface area contributed by atoms with Crippen LogP contribution in [0.4, 0.5) is 0 Å². The number of benzene rings is 1. The molecule has 0 heterocycles. The highest BCUT2D eigenvalue weighted by molar-refractivity contribution is 7.89. The van der Waals surface area contributed by atoms with E-state index in [1.54, 1.807) is 43.3 Å². The van der Waals surface area contributed by atoms with Crippen LogP contribution in [0.3, 0.4) is 0 Å². The van der Waals surface area contributed by atoms with Crippen molar-refractivity contribution in [1.29, 1.82) is 0 Å². The van der Waals surface area contributed by atoms with Crippen LogP contribution < -0.4 is 4.72 Å². The molecule has 42 heavy (non-hydrogen) atoms. The summed E-state index contributed by atoms with van der Waals surface area (Å²) >= 11 is 0. The second-order valence-corrected chi connectivity index (χ2v) is 13.2. The van der Waals surface area contributed by atoms with Crippen LogP contribution in [0.2, 0.25) is 0 Å². The smallest absolute Gasteiger partial charge is 0.305 e. The van der Waals surface area contributed by atoms with Crippen LogP contribution in [-0.4, -0.2) is 50.5 Å². The standard InChI is InChI=1S/C34H45NO6S/c1-4-5-14-26(2)31(36)20-19-29-30-23-27(15-10-11-18-33(38)41-3)24-34(30,25-32(29)37)21-12-7-13-22-35-42(39,40)28-16-8-6-9-17-28/h6,8-9,15-17,19-20,26,29-32,35-37H,7,10-11,13-14,18,22-25H2,1-3H3/b20-19+,27-15+/t26-,29+,30+,31+,32+,34-/m0/s1. The number of unbranched alkanes of at least 4 members (excludes halogenated alkanes) is 2. The number of aliphatic hydroxyl groups excluding tert-OH is 2. The quantitative estimate of drug-likeness (QED) is 0.131. The summed E-state index contributed by atoms with van der Waals surface area (Å²) in [5.74, 6) is 12.5. The van der Waals surface area contributed by atoms with E-state index in [0.717, 1.165) is 25.7 Å². The SMILES string of the molecule is CC#CC[C@H](C)[C@H](O)/C=C/[C@H]1[C@H](O)C[C@]2(C#CCCCNS(=O)(=O)c3ccccc3)C/C(=C/CCCC(=O)OC)C[C@H]12. The Balaban J connectivity index is 1.68. The average molecular weight is 596 g/mol. The summed E-state index contributed by atoms with van der Waals surface area (Å²) in [6.07, 6.45) is 10.5. The molecule has 0 unspecified atom stereocenters. The second kappa shape index (κ2) is 16.1. The minimum atomic E-state index is -3.55. The Morgan fingerprint density at radius 2 is 2.00 bits per heavy atom. The van der Waals surface area contributed by atoms with E-state index >= 15 is 0 Å². The molecule has 2 fully saturated rings. The number of sulfonamides is 1. The van der Waals surface area contributed by atoms with E-state index in [0.29, 0.717) is 38.6 Å². The van der Waals surface area contributed by atoms with Gasteiger partial charge in [0, 0.05) is 37.1 Å². The number of carbonyl (C=O) groups excluding carboxylic acids is 1. The van der Waals surface area contributed by atoms with Gasteiger partial charge in [0.2, 0.25) is 10.0 Å². The van der Waals surface area contributed by atoms with Crippen LogP contribution in [0.15, 0.2) is 59.0 Å². The van der Waals surface area contributed by atoms with Crippen molar-refractivity contribution < 1.29 is 28.2 Å². The molecule has 228 valence electrons. The summed E-state index contributed by atoms with van der Waals surface area (Å²) in [7, 11) is -2.15. The fourth-order valence-electron chi connectivity index (χ4n) is 5.97. The molecule has 0 aromatic heterocycles. The highest BCUT2D eigenvalue weighted by atomic mass is 32.2. The molecule has 0 saturated heterocycles. The van der Waals surface area contributed by atoms with Gasteiger partial charge in [-0.25, -0.2) is 13.1 Å². The van der Waals surface area contributed by atoms with Crippen molar-refractivity contribution in [2.45, 2.75) is 88.7 Å². The molecule has 1 aromatic rings. The number of hydrogen-bond donors (Lipinski definition) is 3. The Morgan fingerprint density at radius 1 is 1.24 bits per heavy atom. The zero-order valence-electron chi connectivity index (χ0n) is 25.0. The fraction of sp³-hybridized carbons (Fsp3) is 0.559. The number of methoxy groups -OCH3 is 1. The van der Waals surface area contributed by atoms with Gasteiger partial charge in [-0.1, -0.05) is 54.8 Å². The van der Waals surface area contributed by atoms with E-state index in [2.05, 4.69) is 34.5 Å². The molecule has 2 saturated carbocycles. The molecule has 0 radical (unpaired) electrons. The first-order valence-electron chi connectivity index (χ1n) is 14.9. The molecule has 0 bridgehead atoms. The number of fused-ring (bicyclic) bond motifs is 1. The van der Waals surface area contributed by atoms with Gasteiger partial charge in [-0.3, -0.25) is 4.79 Å². The molecular formula is C34H45NO6S. The van der Waals surface area contributed by atoms with Crippen molar-refractivity contribution in [3.05, 3.63) is 54.1 Å². The molecule has 3 rings (SSSR count). The zero-order chi connectivity index (χ0) is 30.6. The van der Waals surface area contributed by atoms with Crippen LogP contribution in [0.25, 0.3) is 0 Å². The maximum Gasteiger partial charge on any atom is 0.305 e. The first kappa shape index (κ1) is 33.6. The van der Waals surface area contributed by atoms with Gasteiger partial charge in [-0.15, -0.1) is 17.8 Å².